The molecule has 3 rings (SSSR count). The summed E-state index contributed by atoms with van der Waals surface area (Å²) < 4.78 is 16.2. The maximum atomic E-state index is 12.8. The highest BCUT2D eigenvalue weighted by atomic mass is 35.5. The van der Waals surface area contributed by atoms with E-state index in [1.165, 1.54) is 0 Å². The highest BCUT2D eigenvalue weighted by molar-refractivity contribution is 6.32. The predicted octanol–water partition coefficient (Wildman–Crippen LogP) is 4.79. The quantitative estimate of drug-likeness (QED) is 0.322. The SMILES string of the molecule is COc1ccc(Oc2ccc(CNC(=O)[C@H](CCCN)NC(=O)OCc3ccccc3)cc2)c(Cl)c1. The number of ether oxygens (including phenoxy) is 3. The van der Waals surface area contributed by atoms with Gasteiger partial charge in [-0.25, -0.2) is 4.79 Å². The zero-order valence-corrected chi connectivity index (χ0v) is 20.8. The van der Waals surface area contributed by atoms with Crippen LogP contribution >= 0.6 is 11.6 Å². The topological polar surface area (TPSA) is 112 Å². The lowest BCUT2D eigenvalue weighted by Crippen LogP contribution is -2.46. The first-order valence-electron chi connectivity index (χ1n) is 11.5. The highest BCUT2D eigenvalue weighted by Crippen LogP contribution is 2.32. The Morgan fingerprint density at radius 1 is 0.972 bits per heavy atom. The first-order chi connectivity index (χ1) is 17.5. The summed E-state index contributed by atoms with van der Waals surface area (Å²) >= 11 is 6.23. The van der Waals surface area contributed by atoms with Gasteiger partial charge in [0.05, 0.1) is 12.1 Å². The van der Waals surface area contributed by atoms with Crippen molar-refractivity contribution in [2.24, 2.45) is 5.73 Å². The van der Waals surface area contributed by atoms with Crippen molar-refractivity contribution in [3.05, 3.63) is 88.9 Å². The van der Waals surface area contributed by atoms with Gasteiger partial charge < -0.3 is 30.6 Å². The van der Waals surface area contributed by atoms with Gasteiger partial charge in [-0.1, -0.05) is 54.1 Å². The Morgan fingerprint density at radius 2 is 1.69 bits per heavy atom. The molecule has 2 amide bonds. The maximum absolute atomic E-state index is 12.8. The summed E-state index contributed by atoms with van der Waals surface area (Å²) in [5, 5.41) is 5.92. The normalized spacial score (nSPS) is 11.3. The van der Waals surface area contributed by atoms with Crippen LogP contribution in [0.3, 0.4) is 0 Å². The van der Waals surface area contributed by atoms with Crippen LogP contribution in [0.15, 0.2) is 72.8 Å². The Bertz CT molecular complexity index is 1130. The van der Waals surface area contributed by atoms with E-state index in [1.807, 2.05) is 42.5 Å². The first-order valence-corrected chi connectivity index (χ1v) is 11.9. The van der Waals surface area contributed by atoms with Crippen LogP contribution in [0.25, 0.3) is 0 Å². The molecule has 0 bridgehead atoms. The summed E-state index contributed by atoms with van der Waals surface area (Å²) in [6, 6.07) is 21.0. The molecular formula is C27H30ClN3O5. The van der Waals surface area contributed by atoms with E-state index in [4.69, 9.17) is 31.5 Å². The molecule has 0 heterocycles. The summed E-state index contributed by atoms with van der Waals surface area (Å²) in [7, 11) is 1.57. The van der Waals surface area contributed by atoms with Crippen LogP contribution in [0.1, 0.15) is 24.0 Å². The molecular weight excluding hydrogens is 482 g/mol. The number of carbonyl (C=O) groups is 2. The predicted molar refractivity (Wildman–Crippen MR) is 138 cm³/mol. The van der Waals surface area contributed by atoms with E-state index in [0.717, 1.165) is 11.1 Å². The van der Waals surface area contributed by atoms with Gasteiger partial charge in [0.25, 0.3) is 0 Å². The number of halogens is 1. The van der Waals surface area contributed by atoms with Crippen molar-refractivity contribution < 1.29 is 23.8 Å². The second-order valence-corrected chi connectivity index (χ2v) is 8.36. The van der Waals surface area contributed by atoms with Crippen molar-refractivity contribution in [1.82, 2.24) is 10.6 Å². The fourth-order valence-electron chi connectivity index (χ4n) is 3.30. The number of nitrogens with one attached hydrogen (secondary N) is 2. The number of hydrogen-bond donors (Lipinski definition) is 3. The third-order valence-corrected chi connectivity index (χ3v) is 5.57. The third-order valence-electron chi connectivity index (χ3n) is 5.28. The molecule has 0 radical (unpaired) electrons. The summed E-state index contributed by atoms with van der Waals surface area (Å²) in [6.45, 7) is 0.806. The van der Waals surface area contributed by atoms with Crippen LogP contribution in [0.4, 0.5) is 4.79 Å². The molecule has 0 aliphatic heterocycles. The fourth-order valence-corrected chi connectivity index (χ4v) is 3.51. The Balaban J connectivity index is 1.51. The van der Waals surface area contributed by atoms with Crippen molar-refractivity contribution in [1.29, 1.82) is 0 Å². The van der Waals surface area contributed by atoms with E-state index in [-0.39, 0.29) is 19.1 Å². The van der Waals surface area contributed by atoms with Crippen LogP contribution < -0.4 is 25.8 Å². The minimum absolute atomic E-state index is 0.119. The summed E-state index contributed by atoms with van der Waals surface area (Å²) in [5.74, 6) is 1.43. The Labute approximate surface area is 215 Å². The molecule has 0 unspecified atom stereocenters. The maximum Gasteiger partial charge on any atom is 0.408 e. The van der Waals surface area contributed by atoms with E-state index in [0.29, 0.717) is 41.7 Å². The number of methoxy groups -OCH3 is 1. The van der Waals surface area contributed by atoms with Crippen molar-refractivity contribution in [3.8, 4) is 17.2 Å². The summed E-state index contributed by atoms with van der Waals surface area (Å²) in [5.41, 5.74) is 7.32. The van der Waals surface area contributed by atoms with Gasteiger partial charge in [-0.2, -0.15) is 0 Å². The Hall–Kier alpha value is -3.75. The van der Waals surface area contributed by atoms with E-state index >= 15 is 0 Å². The highest BCUT2D eigenvalue weighted by Gasteiger charge is 2.21. The average Bonchev–Trinajstić information content (AvgIpc) is 2.91. The molecule has 0 aliphatic rings. The van der Waals surface area contributed by atoms with Gasteiger partial charge in [-0.05, 0) is 54.8 Å². The van der Waals surface area contributed by atoms with E-state index in [9.17, 15) is 9.59 Å². The smallest absolute Gasteiger partial charge is 0.408 e. The molecule has 4 N–H and O–H groups in total. The first kappa shape index (κ1) is 26.8. The molecule has 0 saturated heterocycles. The summed E-state index contributed by atoms with van der Waals surface area (Å²) in [6.07, 6.45) is 0.324. The van der Waals surface area contributed by atoms with Crippen molar-refractivity contribution in [2.75, 3.05) is 13.7 Å². The zero-order valence-electron chi connectivity index (χ0n) is 20.0. The molecule has 0 aliphatic carbocycles. The van der Waals surface area contributed by atoms with Gasteiger partial charge in [-0.15, -0.1) is 0 Å². The van der Waals surface area contributed by atoms with Gasteiger partial charge in [0.15, 0.2) is 0 Å². The monoisotopic (exact) mass is 511 g/mol. The number of hydrogen-bond acceptors (Lipinski definition) is 6. The minimum atomic E-state index is -0.753. The Kier molecular flexibility index (Phi) is 10.4. The average molecular weight is 512 g/mol. The molecule has 8 nitrogen and oxygen atoms in total. The van der Waals surface area contributed by atoms with Crippen LogP contribution in [0, 0.1) is 0 Å². The molecule has 3 aromatic rings. The lowest BCUT2D eigenvalue weighted by atomic mass is 10.1. The van der Waals surface area contributed by atoms with E-state index in [2.05, 4.69) is 10.6 Å². The number of carbonyl (C=O) groups excluding carboxylic acids is 2. The van der Waals surface area contributed by atoms with E-state index < -0.39 is 12.1 Å². The molecule has 36 heavy (non-hydrogen) atoms. The molecule has 0 saturated carbocycles. The van der Waals surface area contributed by atoms with Crippen LogP contribution in [0.2, 0.25) is 5.02 Å². The van der Waals surface area contributed by atoms with Crippen molar-refractivity contribution >= 4 is 23.6 Å². The zero-order chi connectivity index (χ0) is 25.8. The lowest BCUT2D eigenvalue weighted by Gasteiger charge is -2.18. The molecule has 9 heteroatoms. The van der Waals surface area contributed by atoms with Crippen LogP contribution in [0.5, 0.6) is 17.2 Å². The van der Waals surface area contributed by atoms with Gasteiger partial charge in [0.2, 0.25) is 5.91 Å². The van der Waals surface area contributed by atoms with E-state index in [1.54, 1.807) is 37.4 Å². The van der Waals surface area contributed by atoms with Gasteiger partial charge in [0.1, 0.15) is 29.9 Å². The Morgan fingerprint density at radius 3 is 2.36 bits per heavy atom. The third kappa shape index (κ3) is 8.48. The number of alkyl carbamates (subject to hydrolysis) is 1. The number of amides is 2. The second kappa shape index (κ2) is 14.0. The van der Waals surface area contributed by atoms with Crippen LogP contribution in [-0.4, -0.2) is 31.7 Å². The van der Waals surface area contributed by atoms with Gasteiger partial charge >= 0.3 is 6.09 Å². The standard InChI is InChI=1S/C27H30ClN3O5/c1-34-22-13-14-25(23(28)16-22)36-21-11-9-19(10-12-21)17-30-26(32)24(8-5-15-29)31-27(33)35-18-20-6-3-2-4-7-20/h2-4,6-7,9-14,16,24H,5,8,15,17-18,29H2,1H3,(H,30,32)(H,31,33)/t24-/m0/s1. The molecule has 0 aromatic heterocycles. The lowest BCUT2D eigenvalue weighted by molar-refractivity contribution is -0.123. The van der Waals surface area contributed by atoms with Crippen molar-refractivity contribution in [2.45, 2.75) is 32.0 Å². The fraction of sp³-hybridized carbons (Fsp3) is 0.259. The molecule has 0 spiro atoms. The minimum Gasteiger partial charge on any atom is -0.497 e. The largest absolute Gasteiger partial charge is 0.497 e. The van der Waals surface area contributed by atoms with Gasteiger partial charge in [0, 0.05) is 12.6 Å². The summed E-state index contributed by atoms with van der Waals surface area (Å²) in [4.78, 5) is 25.0. The van der Waals surface area contributed by atoms with Crippen molar-refractivity contribution in [3.63, 3.8) is 0 Å². The molecule has 0 fully saturated rings. The van der Waals surface area contributed by atoms with Gasteiger partial charge in [-0.3, -0.25) is 4.79 Å². The number of benzene rings is 3. The molecule has 3 aromatic carbocycles. The molecule has 1 atom stereocenters. The molecule has 190 valence electrons. The second-order valence-electron chi connectivity index (χ2n) is 7.95. The number of nitrogens with two attached hydrogens (primary N) is 1. The van der Waals surface area contributed by atoms with Crippen LogP contribution in [-0.2, 0) is 22.7 Å². The number of rotatable bonds is 12.